The summed E-state index contributed by atoms with van der Waals surface area (Å²) in [5, 5.41) is 9.14. The lowest BCUT2D eigenvalue weighted by Gasteiger charge is -2.30. The lowest BCUT2D eigenvalue weighted by molar-refractivity contribution is 0.0696. The van der Waals surface area contributed by atoms with E-state index >= 15 is 0 Å². The van der Waals surface area contributed by atoms with Gasteiger partial charge in [0, 0.05) is 12.4 Å². The number of aromatic carboxylic acids is 1. The Bertz CT molecular complexity index is 910. The van der Waals surface area contributed by atoms with Gasteiger partial charge in [-0.05, 0) is 67.1 Å². The van der Waals surface area contributed by atoms with Crippen LogP contribution in [0.15, 0.2) is 47.4 Å². The highest BCUT2D eigenvalue weighted by Gasteiger charge is 2.29. The van der Waals surface area contributed by atoms with E-state index in [0.717, 1.165) is 24.0 Å². The minimum Gasteiger partial charge on any atom is -0.478 e. The van der Waals surface area contributed by atoms with Gasteiger partial charge in [-0.2, -0.15) is 0 Å². The van der Waals surface area contributed by atoms with Crippen molar-refractivity contribution in [3.8, 4) is 0 Å². The maximum absolute atomic E-state index is 13.1. The molecule has 0 amide bonds. The molecule has 0 bridgehead atoms. The fourth-order valence-corrected chi connectivity index (χ4v) is 4.85. The Morgan fingerprint density at radius 2 is 1.88 bits per heavy atom. The highest BCUT2D eigenvalue weighted by Crippen LogP contribution is 2.32. The molecule has 0 saturated heterocycles. The summed E-state index contributed by atoms with van der Waals surface area (Å²) in [5.41, 5.74) is 2.53. The number of rotatable bonds is 6. The largest absolute Gasteiger partial charge is 0.478 e. The molecule has 5 nitrogen and oxygen atoms in total. The molecule has 2 aromatic rings. The average molecular weight is 394 g/mol. The van der Waals surface area contributed by atoms with Crippen LogP contribution >= 0.6 is 11.6 Å². The predicted octanol–water partition coefficient (Wildman–Crippen LogP) is 3.70. The smallest absolute Gasteiger partial charge is 0.335 e. The van der Waals surface area contributed by atoms with Crippen LogP contribution in [0.2, 0.25) is 0 Å². The molecule has 1 aliphatic rings. The third-order valence-corrected chi connectivity index (χ3v) is 6.61. The van der Waals surface area contributed by atoms with E-state index in [1.807, 2.05) is 12.1 Å². The Morgan fingerprint density at radius 1 is 1.15 bits per heavy atom. The molecule has 0 aliphatic carbocycles. The summed E-state index contributed by atoms with van der Waals surface area (Å²) in [6, 6.07) is 11.5. The number of halogens is 1. The summed E-state index contributed by atoms with van der Waals surface area (Å²) in [7, 11) is -3.69. The summed E-state index contributed by atoms with van der Waals surface area (Å²) < 4.78 is 27.5. The number of sulfonamides is 1. The van der Waals surface area contributed by atoms with E-state index in [4.69, 9.17) is 16.7 Å². The van der Waals surface area contributed by atoms with Crippen LogP contribution in [-0.4, -0.2) is 31.9 Å². The molecule has 7 heteroatoms. The Hall–Kier alpha value is -2.05. The number of carboxylic acids is 1. The lowest BCUT2D eigenvalue weighted by Crippen LogP contribution is -2.35. The number of benzene rings is 2. The van der Waals surface area contributed by atoms with Gasteiger partial charge in [0.25, 0.3) is 10.0 Å². The fraction of sp³-hybridized carbons (Fsp3) is 0.316. The first-order valence-corrected chi connectivity index (χ1v) is 10.4. The molecular formula is C19H20ClNO4S. The van der Waals surface area contributed by atoms with E-state index in [9.17, 15) is 13.2 Å². The molecule has 1 N–H and O–H groups in total. The summed E-state index contributed by atoms with van der Waals surface area (Å²) in [6.07, 6.45) is 2.98. The molecule has 1 heterocycles. The molecular weight excluding hydrogens is 374 g/mol. The quantitative estimate of drug-likeness (QED) is 0.759. The summed E-state index contributed by atoms with van der Waals surface area (Å²) >= 11 is 5.70. The van der Waals surface area contributed by atoms with E-state index in [0.29, 0.717) is 31.0 Å². The SMILES string of the molecule is O=C(O)c1ccc2c(c1)CCCN2S(=O)(=O)c1ccc(CCCCl)cc1. The third kappa shape index (κ3) is 3.71. The molecule has 1 aliphatic heterocycles. The number of carbonyl (C=O) groups is 1. The van der Waals surface area contributed by atoms with Gasteiger partial charge < -0.3 is 5.11 Å². The van der Waals surface area contributed by atoms with Gasteiger partial charge in [-0.1, -0.05) is 12.1 Å². The molecule has 138 valence electrons. The number of aryl methyl sites for hydroxylation is 2. The van der Waals surface area contributed by atoms with Gasteiger partial charge in [-0.15, -0.1) is 11.6 Å². The molecule has 0 aromatic heterocycles. The first-order chi connectivity index (χ1) is 12.4. The van der Waals surface area contributed by atoms with Crippen molar-refractivity contribution in [2.45, 2.75) is 30.6 Å². The van der Waals surface area contributed by atoms with Gasteiger partial charge in [0.05, 0.1) is 16.1 Å². The van der Waals surface area contributed by atoms with Crippen LogP contribution in [0.4, 0.5) is 5.69 Å². The highest BCUT2D eigenvalue weighted by molar-refractivity contribution is 7.92. The number of fused-ring (bicyclic) bond motifs is 1. The van der Waals surface area contributed by atoms with Gasteiger partial charge >= 0.3 is 5.97 Å². The molecule has 0 saturated carbocycles. The van der Waals surface area contributed by atoms with E-state index in [2.05, 4.69) is 0 Å². The van der Waals surface area contributed by atoms with E-state index in [1.165, 1.54) is 10.4 Å². The van der Waals surface area contributed by atoms with Crippen molar-refractivity contribution < 1.29 is 18.3 Å². The van der Waals surface area contributed by atoms with Crippen molar-refractivity contribution in [3.05, 3.63) is 59.2 Å². The number of nitrogens with zero attached hydrogens (tertiary/aromatic N) is 1. The Morgan fingerprint density at radius 3 is 2.54 bits per heavy atom. The van der Waals surface area contributed by atoms with Crippen LogP contribution in [0.5, 0.6) is 0 Å². The van der Waals surface area contributed by atoms with Gasteiger partial charge in [0.15, 0.2) is 0 Å². The van der Waals surface area contributed by atoms with Crippen LogP contribution in [0.3, 0.4) is 0 Å². The monoisotopic (exact) mass is 393 g/mol. The summed E-state index contributed by atoms with van der Waals surface area (Å²) in [4.78, 5) is 11.4. The van der Waals surface area contributed by atoms with Gasteiger partial charge in [-0.25, -0.2) is 13.2 Å². The molecule has 2 aromatic carbocycles. The number of carboxylic acid groups (broad SMARTS) is 1. The van der Waals surface area contributed by atoms with Crippen molar-refractivity contribution in [1.82, 2.24) is 0 Å². The van der Waals surface area contributed by atoms with Crippen molar-refractivity contribution in [2.24, 2.45) is 0 Å². The zero-order valence-corrected chi connectivity index (χ0v) is 15.8. The number of hydrogen-bond acceptors (Lipinski definition) is 3. The third-order valence-electron chi connectivity index (χ3n) is 4.51. The van der Waals surface area contributed by atoms with Crippen molar-refractivity contribution in [2.75, 3.05) is 16.7 Å². The normalized spacial score (nSPS) is 14.1. The van der Waals surface area contributed by atoms with Crippen LogP contribution in [-0.2, 0) is 22.9 Å². The standard InChI is InChI=1S/C19H20ClNO4S/c20-11-1-3-14-5-8-17(9-6-14)26(24,25)21-12-2-4-15-13-16(19(22)23)7-10-18(15)21/h5-10,13H,1-4,11-12H2,(H,22,23). The maximum atomic E-state index is 13.1. The first-order valence-electron chi connectivity index (χ1n) is 8.47. The van der Waals surface area contributed by atoms with Gasteiger partial charge in [0.1, 0.15) is 0 Å². The molecule has 0 unspecified atom stereocenters. The number of hydrogen-bond donors (Lipinski definition) is 1. The van der Waals surface area contributed by atoms with E-state index < -0.39 is 16.0 Å². The van der Waals surface area contributed by atoms with Gasteiger partial charge in [0.2, 0.25) is 0 Å². The maximum Gasteiger partial charge on any atom is 0.335 e. The molecule has 0 spiro atoms. The molecule has 0 radical (unpaired) electrons. The van der Waals surface area contributed by atoms with Crippen molar-refractivity contribution in [1.29, 1.82) is 0 Å². The van der Waals surface area contributed by atoms with Gasteiger partial charge in [-0.3, -0.25) is 4.31 Å². The summed E-state index contributed by atoms with van der Waals surface area (Å²) in [5.74, 6) is -0.441. The second-order valence-electron chi connectivity index (χ2n) is 6.27. The second kappa shape index (κ2) is 7.68. The topological polar surface area (TPSA) is 74.7 Å². The van der Waals surface area contributed by atoms with Crippen molar-refractivity contribution >= 4 is 33.3 Å². The number of alkyl halides is 1. The molecule has 0 fully saturated rings. The van der Waals surface area contributed by atoms with Crippen LogP contribution < -0.4 is 4.31 Å². The predicted molar refractivity (Wildman–Crippen MR) is 102 cm³/mol. The Balaban J connectivity index is 1.92. The first kappa shape index (κ1) is 18.7. The summed E-state index contributed by atoms with van der Waals surface area (Å²) in [6.45, 7) is 0.385. The Labute approximate surface area is 158 Å². The molecule has 3 rings (SSSR count). The van der Waals surface area contributed by atoms with Crippen LogP contribution in [0, 0.1) is 0 Å². The minimum atomic E-state index is -3.69. The van der Waals surface area contributed by atoms with Crippen LogP contribution in [0.1, 0.15) is 34.3 Å². The molecule has 0 atom stereocenters. The average Bonchev–Trinajstić information content (AvgIpc) is 2.65. The zero-order chi connectivity index (χ0) is 18.7. The second-order valence-corrected chi connectivity index (χ2v) is 8.51. The van der Waals surface area contributed by atoms with Crippen molar-refractivity contribution in [3.63, 3.8) is 0 Å². The van der Waals surface area contributed by atoms with E-state index in [-0.39, 0.29) is 10.5 Å². The minimum absolute atomic E-state index is 0.173. The Kier molecular flexibility index (Phi) is 5.53. The zero-order valence-electron chi connectivity index (χ0n) is 14.2. The fourth-order valence-electron chi connectivity index (χ4n) is 3.17. The van der Waals surface area contributed by atoms with E-state index in [1.54, 1.807) is 24.3 Å². The highest BCUT2D eigenvalue weighted by atomic mass is 35.5. The number of anilines is 1. The lowest BCUT2D eigenvalue weighted by atomic mass is 10.0. The van der Waals surface area contributed by atoms with Crippen LogP contribution in [0.25, 0.3) is 0 Å². The molecule has 26 heavy (non-hydrogen) atoms.